The Balaban J connectivity index is 2.08. The Morgan fingerprint density at radius 3 is 2.28 bits per heavy atom. The van der Waals surface area contributed by atoms with Crippen LogP contribution < -0.4 is 0 Å². The number of rotatable bonds is 13. The van der Waals surface area contributed by atoms with Crippen molar-refractivity contribution in [1.82, 2.24) is 14.7 Å². The number of likely N-dealkylation sites (tertiary alicyclic amines) is 1. The third-order valence-electron chi connectivity index (χ3n) is 8.88. The van der Waals surface area contributed by atoms with E-state index in [1.54, 1.807) is 40.8 Å². The molecular formula is C31H51N3O4S. The molecule has 3 saturated heterocycles. The van der Waals surface area contributed by atoms with E-state index in [1.807, 2.05) is 4.90 Å². The van der Waals surface area contributed by atoms with Gasteiger partial charge in [0.05, 0.1) is 16.6 Å². The second kappa shape index (κ2) is 11.6. The summed E-state index contributed by atoms with van der Waals surface area (Å²) in [6.45, 7) is 22.0. The standard InChI is InChI=1S/C31H51N3O4S/c1-10-17-32(9)25(36)22-23-26(37)33(19-13-12-14-20-35)24(31(23)16-15-30(22,8)39-31)27(38)34(18-11-2)29(6,7)21-28(3,4)5/h10-11,22-24,35H,1-2,12-21H2,3-9H3/t22-,23-,24?,30+,31?/m0/s1. The lowest BCUT2D eigenvalue weighted by atomic mass is 9.66. The van der Waals surface area contributed by atoms with Gasteiger partial charge in [-0.25, -0.2) is 0 Å². The first kappa shape index (κ1) is 31.7. The molecule has 8 heteroatoms. The van der Waals surface area contributed by atoms with Gasteiger partial charge in [0.25, 0.3) is 0 Å². The molecule has 3 fully saturated rings. The number of hydrogen-bond donors (Lipinski definition) is 1. The van der Waals surface area contributed by atoms with E-state index in [0.29, 0.717) is 32.5 Å². The Morgan fingerprint density at radius 2 is 1.72 bits per heavy atom. The Bertz CT molecular complexity index is 975. The molecule has 1 spiro atoms. The molecule has 3 aliphatic rings. The van der Waals surface area contributed by atoms with E-state index in [9.17, 15) is 19.5 Å². The van der Waals surface area contributed by atoms with Gasteiger partial charge in [0.2, 0.25) is 17.7 Å². The van der Waals surface area contributed by atoms with E-state index in [2.05, 4.69) is 54.7 Å². The van der Waals surface area contributed by atoms with E-state index in [0.717, 1.165) is 25.7 Å². The van der Waals surface area contributed by atoms with Gasteiger partial charge >= 0.3 is 0 Å². The van der Waals surface area contributed by atoms with Crippen LogP contribution in [0, 0.1) is 17.3 Å². The quantitative estimate of drug-likeness (QED) is 0.265. The van der Waals surface area contributed by atoms with Gasteiger partial charge in [-0.1, -0.05) is 32.9 Å². The van der Waals surface area contributed by atoms with E-state index in [-0.39, 0.29) is 29.7 Å². The minimum Gasteiger partial charge on any atom is -0.396 e. The van der Waals surface area contributed by atoms with Crippen molar-refractivity contribution in [1.29, 1.82) is 0 Å². The van der Waals surface area contributed by atoms with Crippen LogP contribution in [-0.2, 0) is 14.4 Å². The number of thioether (sulfide) groups is 1. The molecule has 0 saturated carbocycles. The summed E-state index contributed by atoms with van der Waals surface area (Å²) < 4.78 is -1.02. The number of aliphatic hydroxyl groups excluding tert-OH is 1. The van der Waals surface area contributed by atoms with Crippen LogP contribution in [0.4, 0.5) is 0 Å². The maximum absolute atomic E-state index is 14.8. The van der Waals surface area contributed by atoms with Crippen molar-refractivity contribution in [3.63, 3.8) is 0 Å². The van der Waals surface area contributed by atoms with Gasteiger partial charge < -0.3 is 19.8 Å². The van der Waals surface area contributed by atoms with Crippen molar-refractivity contribution < 1.29 is 19.5 Å². The van der Waals surface area contributed by atoms with Gasteiger partial charge in [0.1, 0.15) is 6.04 Å². The minimum absolute atomic E-state index is 0.000783. The first-order valence-electron chi connectivity index (χ1n) is 14.5. The lowest BCUT2D eigenvalue weighted by Gasteiger charge is -2.46. The van der Waals surface area contributed by atoms with Crippen molar-refractivity contribution in [2.24, 2.45) is 17.3 Å². The molecule has 3 heterocycles. The number of amides is 3. The molecule has 0 radical (unpaired) electrons. The van der Waals surface area contributed by atoms with Crippen LogP contribution in [0.5, 0.6) is 0 Å². The average Bonchev–Trinajstić information content (AvgIpc) is 3.38. The van der Waals surface area contributed by atoms with Gasteiger partial charge in [-0.05, 0) is 64.7 Å². The van der Waals surface area contributed by atoms with Crippen LogP contribution in [0.2, 0.25) is 0 Å². The zero-order valence-electron chi connectivity index (χ0n) is 25.3. The number of carbonyl (C=O) groups excluding carboxylic acids is 3. The molecule has 0 aromatic carbocycles. The van der Waals surface area contributed by atoms with Crippen LogP contribution in [0.15, 0.2) is 25.3 Å². The highest BCUT2D eigenvalue weighted by atomic mass is 32.2. The van der Waals surface area contributed by atoms with Gasteiger partial charge in [-0.3, -0.25) is 14.4 Å². The summed E-state index contributed by atoms with van der Waals surface area (Å²) in [6.07, 6.45) is 7.97. The van der Waals surface area contributed by atoms with Crippen LogP contribution in [0.1, 0.15) is 80.1 Å². The molecule has 1 N–H and O–H groups in total. The zero-order chi connectivity index (χ0) is 29.4. The summed E-state index contributed by atoms with van der Waals surface area (Å²) in [5.74, 6) is -1.13. The first-order chi connectivity index (χ1) is 18.1. The van der Waals surface area contributed by atoms with E-state index in [4.69, 9.17) is 0 Å². The lowest BCUT2D eigenvalue weighted by molar-refractivity contribution is -0.147. The number of aliphatic hydroxyl groups is 1. The molecule has 3 amide bonds. The largest absolute Gasteiger partial charge is 0.396 e. The van der Waals surface area contributed by atoms with Crippen LogP contribution in [0.3, 0.4) is 0 Å². The minimum atomic E-state index is -0.632. The van der Waals surface area contributed by atoms with E-state index < -0.39 is 32.9 Å². The number of hydrogen-bond acceptors (Lipinski definition) is 5. The topological polar surface area (TPSA) is 81.2 Å². The Hall–Kier alpha value is -1.80. The fourth-order valence-electron chi connectivity index (χ4n) is 7.72. The summed E-state index contributed by atoms with van der Waals surface area (Å²) in [5, 5.41) is 9.30. The summed E-state index contributed by atoms with van der Waals surface area (Å²) in [6, 6.07) is -0.627. The Labute approximate surface area is 240 Å². The van der Waals surface area contributed by atoms with Crippen LogP contribution in [-0.4, -0.2) is 91.9 Å². The van der Waals surface area contributed by atoms with Crippen molar-refractivity contribution in [3.8, 4) is 0 Å². The summed E-state index contributed by atoms with van der Waals surface area (Å²) in [5.41, 5.74) is -0.449. The lowest BCUT2D eigenvalue weighted by Crippen LogP contribution is -2.60. The number of likely N-dealkylation sites (N-methyl/N-ethyl adjacent to an activating group) is 1. The summed E-state index contributed by atoms with van der Waals surface area (Å²) in [7, 11) is 1.77. The maximum atomic E-state index is 14.8. The van der Waals surface area contributed by atoms with Gasteiger partial charge in [0.15, 0.2) is 0 Å². The zero-order valence-corrected chi connectivity index (χ0v) is 26.1. The second-order valence-corrected chi connectivity index (χ2v) is 15.7. The molecule has 3 rings (SSSR count). The van der Waals surface area contributed by atoms with Crippen molar-refractivity contribution in [2.75, 3.05) is 33.3 Å². The Morgan fingerprint density at radius 1 is 1.08 bits per heavy atom. The predicted molar refractivity (Wildman–Crippen MR) is 159 cm³/mol. The SMILES string of the molecule is C=CCN(C)C(=O)[C@@H]1[C@H]2C(=O)N(CCCCCO)C(C(=O)N(CC=C)C(C)(C)CC(C)(C)C)C23CC[C@@]1(C)S3. The molecule has 220 valence electrons. The van der Waals surface area contributed by atoms with E-state index >= 15 is 0 Å². The highest BCUT2D eigenvalue weighted by Gasteiger charge is 2.77. The normalized spacial score (nSPS) is 29.9. The van der Waals surface area contributed by atoms with Crippen LogP contribution >= 0.6 is 11.8 Å². The molecule has 5 atom stereocenters. The van der Waals surface area contributed by atoms with Crippen molar-refractivity contribution in [3.05, 3.63) is 25.3 Å². The maximum Gasteiger partial charge on any atom is 0.247 e. The fourth-order valence-corrected chi connectivity index (χ4v) is 10.1. The van der Waals surface area contributed by atoms with Gasteiger partial charge in [-0.2, -0.15) is 0 Å². The molecule has 3 aliphatic heterocycles. The fraction of sp³-hybridized carbons (Fsp3) is 0.774. The summed E-state index contributed by atoms with van der Waals surface area (Å²) in [4.78, 5) is 48.3. The molecule has 7 nitrogen and oxygen atoms in total. The molecule has 39 heavy (non-hydrogen) atoms. The van der Waals surface area contributed by atoms with Gasteiger partial charge in [0, 0.05) is 43.6 Å². The monoisotopic (exact) mass is 561 g/mol. The Kier molecular flexibility index (Phi) is 9.43. The number of nitrogens with zero attached hydrogens (tertiary/aromatic N) is 3. The average molecular weight is 562 g/mol. The highest BCUT2D eigenvalue weighted by molar-refractivity contribution is 8.02. The first-order valence-corrected chi connectivity index (χ1v) is 15.3. The third-order valence-corrected chi connectivity index (χ3v) is 10.9. The molecule has 0 aromatic rings. The molecular weight excluding hydrogens is 510 g/mol. The number of unbranched alkanes of at least 4 members (excludes halogenated alkanes) is 2. The molecule has 0 aliphatic carbocycles. The number of carbonyl (C=O) groups is 3. The van der Waals surface area contributed by atoms with Crippen molar-refractivity contribution >= 4 is 29.5 Å². The van der Waals surface area contributed by atoms with Crippen molar-refractivity contribution in [2.45, 2.75) is 101 Å². The highest BCUT2D eigenvalue weighted by Crippen LogP contribution is 2.71. The van der Waals surface area contributed by atoms with E-state index in [1.165, 1.54) is 0 Å². The second-order valence-electron chi connectivity index (χ2n) is 13.8. The number of fused-ring (bicyclic) bond motifs is 1. The third kappa shape index (κ3) is 5.83. The van der Waals surface area contributed by atoms with Crippen LogP contribution in [0.25, 0.3) is 0 Å². The molecule has 2 unspecified atom stereocenters. The molecule has 0 aromatic heterocycles. The molecule has 2 bridgehead atoms. The predicted octanol–water partition coefficient (Wildman–Crippen LogP) is 4.50. The smallest absolute Gasteiger partial charge is 0.247 e. The summed E-state index contributed by atoms with van der Waals surface area (Å²) >= 11 is 1.72. The van der Waals surface area contributed by atoms with Gasteiger partial charge in [-0.15, -0.1) is 24.9 Å².